The monoisotopic (exact) mass is 210 g/mol. The van der Waals surface area contributed by atoms with Crippen molar-refractivity contribution in [2.75, 3.05) is 6.54 Å². The largest absolute Gasteiger partial charge is 0.234 e. The van der Waals surface area contributed by atoms with Crippen LogP contribution in [0.2, 0.25) is 0 Å². The minimum Gasteiger partial charge on any atom is -0.211 e. The van der Waals surface area contributed by atoms with Crippen LogP contribution in [0.15, 0.2) is 4.99 Å². The maximum atomic E-state index is 9.75. The molecule has 0 aliphatic carbocycles. The molecule has 87 valence electrons. The average Bonchev–Trinajstić information content (AvgIpc) is 2.26. The topological polar surface area (TPSA) is 29.4 Å². The van der Waals surface area contributed by atoms with Crippen LogP contribution in [0, 0.1) is 6.42 Å². The zero-order chi connectivity index (χ0) is 11.2. The number of aliphatic imine (C=N–C) groups is 1. The first-order valence-electron chi connectivity index (χ1n) is 6.27. The van der Waals surface area contributed by atoms with E-state index in [9.17, 15) is 4.79 Å². The zero-order valence-electron chi connectivity index (χ0n) is 10.0. The maximum Gasteiger partial charge on any atom is 0.234 e. The normalized spacial score (nSPS) is 9.93. The van der Waals surface area contributed by atoms with Gasteiger partial charge >= 0.3 is 0 Å². The van der Waals surface area contributed by atoms with E-state index in [0.29, 0.717) is 6.54 Å². The van der Waals surface area contributed by atoms with E-state index in [1.165, 1.54) is 51.4 Å². The smallest absolute Gasteiger partial charge is 0.211 e. The molecule has 0 heterocycles. The number of nitrogens with zero attached hydrogens (tertiary/aromatic N) is 1. The van der Waals surface area contributed by atoms with Crippen molar-refractivity contribution in [3.8, 4) is 0 Å². The van der Waals surface area contributed by atoms with Gasteiger partial charge in [-0.15, -0.1) is 0 Å². The number of hydrogen-bond acceptors (Lipinski definition) is 2. The second-order valence-electron chi connectivity index (χ2n) is 3.98. The van der Waals surface area contributed by atoms with Gasteiger partial charge in [0.2, 0.25) is 6.08 Å². The highest BCUT2D eigenvalue weighted by atomic mass is 16.1. The molecular weight excluding hydrogens is 186 g/mol. The molecule has 0 atom stereocenters. The lowest BCUT2D eigenvalue weighted by Gasteiger charge is -2.00. The van der Waals surface area contributed by atoms with Gasteiger partial charge in [-0.2, -0.15) is 0 Å². The van der Waals surface area contributed by atoms with Gasteiger partial charge in [-0.1, -0.05) is 58.3 Å². The lowest BCUT2D eigenvalue weighted by atomic mass is 10.1. The molecule has 0 fully saturated rings. The molecule has 0 aromatic heterocycles. The number of carbonyl (C=O) groups excluding carboxylic acids is 1. The van der Waals surface area contributed by atoms with Crippen LogP contribution in [0.1, 0.15) is 64.7 Å². The Balaban J connectivity index is 2.89. The number of isocyanates is 1. The van der Waals surface area contributed by atoms with Gasteiger partial charge in [-0.25, -0.2) is 9.79 Å². The third-order valence-corrected chi connectivity index (χ3v) is 2.55. The van der Waals surface area contributed by atoms with Crippen LogP contribution in [0.25, 0.3) is 0 Å². The van der Waals surface area contributed by atoms with Gasteiger partial charge in [0.15, 0.2) is 0 Å². The van der Waals surface area contributed by atoms with Gasteiger partial charge in [0.1, 0.15) is 0 Å². The Morgan fingerprint density at radius 1 is 1.00 bits per heavy atom. The summed E-state index contributed by atoms with van der Waals surface area (Å²) in [6.45, 7) is 2.79. The van der Waals surface area contributed by atoms with E-state index in [1.807, 2.05) is 0 Å². The highest BCUT2D eigenvalue weighted by Crippen LogP contribution is 2.09. The number of unbranched alkanes of at least 4 members (excludes halogenated alkanes) is 9. The Bertz CT molecular complexity index is 162. The second kappa shape index (κ2) is 13.4. The van der Waals surface area contributed by atoms with Crippen molar-refractivity contribution in [1.29, 1.82) is 0 Å². The van der Waals surface area contributed by atoms with Crippen LogP contribution in [0.3, 0.4) is 0 Å². The van der Waals surface area contributed by atoms with Crippen LogP contribution < -0.4 is 0 Å². The Morgan fingerprint density at radius 3 is 2.20 bits per heavy atom. The molecule has 0 aromatic rings. The van der Waals surface area contributed by atoms with E-state index in [0.717, 1.165) is 6.42 Å². The summed E-state index contributed by atoms with van der Waals surface area (Å²) in [6.07, 6.45) is 15.5. The molecule has 0 aliphatic heterocycles. The first-order valence-corrected chi connectivity index (χ1v) is 6.27. The van der Waals surface area contributed by atoms with E-state index < -0.39 is 0 Å². The first kappa shape index (κ1) is 14.4. The minimum atomic E-state index is 0.542. The summed E-state index contributed by atoms with van der Waals surface area (Å²) in [6, 6.07) is 0. The molecule has 0 amide bonds. The van der Waals surface area contributed by atoms with E-state index in [-0.39, 0.29) is 0 Å². The molecule has 15 heavy (non-hydrogen) atoms. The second-order valence-corrected chi connectivity index (χ2v) is 3.98. The lowest BCUT2D eigenvalue weighted by molar-refractivity contribution is 0.562. The Morgan fingerprint density at radius 2 is 1.60 bits per heavy atom. The van der Waals surface area contributed by atoms with E-state index in [1.54, 1.807) is 6.08 Å². The standard InChI is InChI=1S/C13H24NO/c1-2-3-4-5-6-7-8-9-10-11-12-14-13-15/h11H,2-10,12H2,1H3. The summed E-state index contributed by atoms with van der Waals surface area (Å²) in [4.78, 5) is 13.2. The van der Waals surface area contributed by atoms with Gasteiger partial charge in [0, 0.05) is 0 Å². The van der Waals surface area contributed by atoms with Crippen LogP contribution in [-0.2, 0) is 4.79 Å². The molecule has 0 saturated carbocycles. The van der Waals surface area contributed by atoms with E-state index >= 15 is 0 Å². The van der Waals surface area contributed by atoms with Crippen molar-refractivity contribution < 1.29 is 4.79 Å². The fraction of sp³-hybridized carbons (Fsp3) is 0.846. The quantitative estimate of drug-likeness (QED) is 0.287. The summed E-state index contributed by atoms with van der Waals surface area (Å²) >= 11 is 0. The molecular formula is C13H24NO. The first-order chi connectivity index (χ1) is 7.41. The molecule has 0 spiro atoms. The molecule has 2 nitrogen and oxygen atoms in total. The van der Waals surface area contributed by atoms with Crippen LogP contribution in [0.5, 0.6) is 0 Å². The summed E-state index contributed by atoms with van der Waals surface area (Å²) in [5.74, 6) is 0. The van der Waals surface area contributed by atoms with Crippen LogP contribution >= 0.6 is 0 Å². The molecule has 0 rings (SSSR count). The predicted molar refractivity (Wildman–Crippen MR) is 64.5 cm³/mol. The maximum absolute atomic E-state index is 9.75. The summed E-state index contributed by atoms with van der Waals surface area (Å²) in [5.41, 5.74) is 0. The van der Waals surface area contributed by atoms with Crippen LogP contribution in [-0.4, -0.2) is 12.6 Å². The molecule has 0 saturated heterocycles. The third-order valence-electron chi connectivity index (χ3n) is 2.55. The molecule has 0 bridgehead atoms. The van der Waals surface area contributed by atoms with Crippen molar-refractivity contribution in [2.24, 2.45) is 4.99 Å². The molecule has 0 unspecified atom stereocenters. The molecule has 1 radical (unpaired) electrons. The van der Waals surface area contributed by atoms with E-state index in [4.69, 9.17) is 0 Å². The summed E-state index contributed by atoms with van der Waals surface area (Å²) in [7, 11) is 0. The van der Waals surface area contributed by atoms with Gasteiger partial charge in [-0.05, 0) is 12.8 Å². The minimum absolute atomic E-state index is 0.542. The fourth-order valence-electron chi connectivity index (χ4n) is 1.62. The SMILES string of the molecule is CCCCCCCCCC[CH]CN=C=O. The Kier molecular flexibility index (Phi) is 12.8. The zero-order valence-corrected chi connectivity index (χ0v) is 10.0. The Labute approximate surface area is 94.2 Å². The van der Waals surface area contributed by atoms with Crippen molar-refractivity contribution in [2.45, 2.75) is 64.7 Å². The van der Waals surface area contributed by atoms with Crippen molar-refractivity contribution in [3.05, 3.63) is 6.42 Å². The number of hydrogen-bond donors (Lipinski definition) is 0. The summed E-state index contributed by atoms with van der Waals surface area (Å²) in [5, 5.41) is 0. The van der Waals surface area contributed by atoms with Crippen LogP contribution in [0.4, 0.5) is 0 Å². The highest BCUT2D eigenvalue weighted by molar-refractivity contribution is 5.32. The average molecular weight is 210 g/mol. The summed E-state index contributed by atoms with van der Waals surface area (Å²) < 4.78 is 0. The predicted octanol–water partition coefficient (Wildman–Crippen LogP) is 4.06. The van der Waals surface area contributed by atoms with Crippen molar-refractivity contribution >= 4 is 6.08 Å². The van der Waals surface area contributed by atoms with Gasteiger partial charge in [0.25, 0.3) is 0 Å². The van der Waals surface area contributed by atoms with Crippen molar-refractivity contribution in [1.82, 2.24) is 0 Å². The van der Waals surface area contributed by atoms with Crippen molar-refractivity contribution in [3.63, 3.8) is 0 Å². The van der Waals surface area contributed by atoms with Gasteiger partial charge in [0.05, 0.1) is 6.54 Å². The molecule has 0 aromatic carbocycles. The van der Waals surface area contributed by atoms with E-state index in [2.05, 4.69) is 18.3 Å². The lowest BCUT2D eigenvalue weighted by Crippen LogP contribution is -1.84. The van der Waals surface area contributed by atoms with Gasteiger partial charge in [-0.3, -0.25) is 0 Å². The molecule has 2 heteroatoms. The third kappa shape index (κ3) is 13.4. The number of rotatable bonds is 11. The highest BCUT2D eigenvalue weighted by Gasteiger charge is 1.91. The fourth-order valence-corrected chi connectivity index (χ4v) is 1.62. The molecule has 0 N–H and O–H groups in total. The molecule has 0 aliphatic rings. The Hall–Kier alpha value is -0.620. The van der Waals surface area contributed by atoms with Gasteiger partial charge < -0.3 is 0 Å².